The van der Waals surface area contributed by atoms with E-state index in [0.29, 0.717) is 28.5 Å². The zero-order chi connectivity index (χ0) is 14.3. The van der Waals surface area contributed by atoms with Crippen molar-refractivity contribution in [3.63, 3.8) is 0 Å². The molecule has 104 valence electrons. The summed E-state index contributed by atoms with van der Waals surface area (Å²) in [7, 11) is -4.18. The van der Waals surface area contributed by atoms with Crippen molar-refractivity contribution in [2.45, 2.75) is 29.3 Å². The molecule has 2 rings (SSSR count). The van der Waals surface area contributed by atoms with E-state index in [2.05, 4.69) is 0 Å². The van der Waals surface area contributed by atoms with Crippen molar-refractivity contribution in [3.8, 4) is 6.07 Å². The summed E-state index contributed by atoms with van der Waals surface area (Å²) in [5, 5.41) is 8.64. The molecule has 1 heterocycles. The Balaban J connectivity index is 2.32. The first kappa shape index (κ1) is 14.3. The van der Waals surface area contributed by atoms with E-state index >= 15 is 0 Å². The molecule has 1 fully saturated rings. The SMILES string of the molecule is N#Cc1ccc(S(=O)(=O)N(CC(F)(F)F)C2CC2)s1. The topological polar surface area (TPSA) is 61.2 Å². The summed E-state index contributed by atoms with van der Waals surface area (Å²) in [5.74, 6) is 0. The molecule has 0 bridgehead atoms. The molecule has 0 radical (unpaired) electrons. The third-order valence-corrected chi connectivity index (χ3v) is 5.90. The van der Waals surface area contributed by atoms with E-state index in [1.165, 1.54) is 12.1 Å². The van der Waals surface area contributed by atoms with Crippen molar-refractivity contribution in [3.05, 3.63) is 17.0 Å². The van der Waals surface area contributed by atoms with Crippen LogP contribution in [-0.2, 0) is 10.0 Å². The summed E-state index contributed by atoms with van der Waals surface area (Å²) in [6, 6.07) is 3.64. The van der Waals surface area contributed by atoms with Crippen LogP contribution in [-0.4, -0.2) is 31.5 Å². The second-order valence-electron chi connectivity index (χ2n) is 4.13. The standard InChI is InChI=1S/C10H9F3N2O2S2/c11-10(12,13)6-15(7-1-2-7)19(16,17)9-4-3-8(5-14)18-9/h3-4,7H,1-2,6H2. The van der Waals surface area contributed by atoms with Crippen LogP contribution >= 0.6 is 11.3 Å². The van der Waals surface area contributed by atoms with Crippen molar-refractivity contribution in [1.82, 2.24) is 4.31 Å². The molecular formula is C10H9F3N2O2S2. The average molecular weight is 310 g/mol. The maximum absolute atomic E-state index is 12.5. The maximum Gasteiger partial charge on any atom is 0.402 e. The van der Waals surface area contributed by atoms with Crippen LogP contribution in [0.5, 0.6) is 0 Å². The smallest absolute Gasteiger partial charge is 0.206 e. The minimum atomic E-state index is -4.58. The van der Waals surface area contributed by atoms with E-state index < -0.39 is 28.8 Å². The quantitative estimate of drug-likeness (QED) is 0.857. The van der Waals surface area contributed by atoms with E-state index in [1.807, 2.05) is 0 Å². The van der Waals surface area contributed by atoms with E-state index in [4.69, 9.17) is 5.26 Å². The van der Waals surface area contributed by atoms with Crippen LogP contribution in [0.3, 0.4) is 0 Å². The molecule has 19 heavy (non-hydrogen) atoms. The number of nitrogens with zero attached hydrogens (tertiary/aromatic N) is 2. The Morgan fingerprint density at radius 2 is 2.05 bits per heavy atom. The molecule has 0 amide bonds. The summed E-state index contributed by atoms with van der Waals surface area (Å²) in [4.78, 5) is 0.154. The average Bonchev–Trinajstić information content (AvgIpc) is 3.00. The highest BCUT2D eigenvalue weighted by molar-refractivity contribution is 7.91. The Labute approximate surface area is 112 Å². The van der Waals surface area contributed by atoms with Gasteiger partial charge in [0.05, 0.1) is 0 Å². The number of thiophene rings is 1. The number of hydrogen-bond donors (Lipinski definition) is 0. The fourth-order valence-electron chi connectivity index (χ4n) is 1.58. The maximum atomic E-state index is 12.5. The lowest BCUT2D eigenvalue weighted by atomic mass is 10.5. The van der Waals surface area contributed by atoms with Crippen LogP contribution in [0.15, 0.2) is 16.3 Å². The molecular weight excluding hydrogens is 301 g/mol. The first-order valence-corrected chi connectivity index (χ1v) is 7.58. The Bertz CT molecular complexity index is 611. The van der Waals surface area contributed by atoms with Gasteiger partial charge < -0.3 is 0 Å². The zero-order valence-electron chi connectivity index (χ0n) is 9.51. The summed E-state index contributed by atoms with van der Waals surface area (Å²) < 4.78 is 61.9. The van der Waals surface area contributed by atoms with Gasteiger partial charge >= 0.3 is 6.18 Å². The monoisotopic (exact) mass is 310 g/mol. The van der Waals surface area contributed by atoms with Gasteiger partial charge in [0.15, 0.2) is 0 Å². The van der Waals surface area contributed by atoms with Gasteiger partial charge in [-0.05, 0) is 25.0 Å². The van der Waals surface area contributed by atoms with Crippen LogP contribution in [0.25, 0.3) is 0 Å². The molecule has 0 atom stereocenters. The normalized spacial score (nSPS) is 16.6. The lowest BCUT2D eigenvalue weighted by Gasteiger charge is -2.22. The second kappa shape index (κ2) is 4.77. The van der Waals surface area contributed by atoms with Gasteiger partial charge in [-0.15, -0.1) is 11.3 Å². The first-order valence-electron chi connectivity index (χ1n) is 5.32. The highest BCUT2D eigenvalue weighted by Crippen LogP contribution is 2.36. The zero-order valence-corrected chi connectivity index (χ0v) is 11.1. The van der Waals surface area contributed by atoms with Crippen LogP contribution in [0.1, 0.15) is 17.7 Å². The van der Waals surface area contributed by atoms with E-state index in [-0.39, 0.29) is 9.09 Å². The van der Waals surface area contributed by atoms with E-state index in [0.717, 1.165) is 0 Å². The lowest BCUT2D eigenvalue weighted by Crippen LogP contribution is -2.40. The van der Waals surface area contributed by atoms with Crippen LogP contribution in [0.2, 0.25) is 0 Å². The molecule has 1 aliphatic rings. The Hall–Kier alpha value is -1.11. The highest BCUT2D eigenvalue weighted by atomic mass is 32.2. The van der Waals surface area contributed by atoms with E-state index in [9.17, 15) is 21.6 Å². The van der Waals surface area contributed by atoms with Gasteiger partial charge in [0, 0.05) is 6.04 Å². The highest BCUT2D eigenvalue weighted by Gasteiger charge is 2.45. The lowest BCUT2D eigenvalue weighted by molar-refractivity contribution is -0.136. The van der Waals surface area contributed by atoms with Crippen molar-refractivity contribution in [2.24, 2.45) is 0 Å². The molecule has 1 aromatic heterocycles. The molecule has 0 unspecified atom stereocenters. The predicted octanol–water partition coefficient (Wildman–Crippen LogP) is 2.34. The largest absolute Gasteiger partial charge is 0.402 e. The summed E-state index contributed by atoms with van der Waals surface area (Å²) in [6.45, 7) is -1.49. The third kappa shape index (κ3) is 3.26. The molecule has 1 saturated carbocycles. The van der Waals surface area contributed by atoms with E-state index in [1.54, 1.807) is 6.07 Å². The van der Waals surface area contributed by atoms with Gasteiger partial charge in [0.2, 0.25) is 0 Å². The van der Waals surface area contributed by atoms with Crippen molar-refractivity contribution >= 4 is 21.4 Å². The molecule has 1 aromatic rings. The number of nitriles is 1. The molecule has 0 aromatic carbocycles. The van der Waals surface area contributed by atoms with Gasteiger partial charge in [-0.25, -0.2) is 8.42 Å². The minimum absolute atomic E-state index is 0.154. The fourth-order valence-corrected chi connectivity index (χ4v) is 4.49. The Morgan fingerprint density at radius 3 is 2.47 bits per heavy atom. The molecule has 9 heteroatoms. The summed E-state index contributed by atoms with van der Waals surface area (Å²) in [6.07, 6.45) is -3.71. The number of sulfonamides is 1. The van der Waals surface area contributed by atoms with Gasteiger partial charge in [-0.1, -0.05) is 0 Å². The Kier molecular flexibility index (Phi) is 3.59. The fraction of sp³-hybridized carbons (Fsp3) is 0.500. The number of hydrogen-bond acceptors (Lipinski definition) is 4. The minimum Gasteiger partial charge on any atom is -0.206 e. The number of halogens is 3. The molecule has 0 aliphatic heterocycles. The molecule has 1 aliphatic carbocycles. The van der Waals surface area contributed by atoms with Crippen LogP contribution in [0, 0.1) is 11.3 Å². The summed E-state index contributed by atoms with van der Waals surface area (Å²) in [5.41, 5.74) is 0. The van der Waals surface area contributed by atoms with Gasteiger partial charge in [-0.2, -0.15) is 22.7 Å². The predicted molar refractivity (Wildman–Crippen MR) is 62.0 cm³/mol. The Morgan fingerprint density at radius 1 is 1.42 bits per heavy atom. The van der Waals surface area contributed by atoms with Crippen molar-refractivity contribution in [2.75, 3.05) is 6.54 Å². The van der Waals surface area contributed by atoms with Crippen LogP contribution in [0.4, 0.5) is 13.2 Å². The van der Waals surface area contributed by atoms with Gasteiger partial charge in [-0.3, -0.25) is 0 Å². The molecule has 4 nitrogen and oxygen atoms in total. The first-order chi connectivity index (χ1) is 8.74. The van der Waals surface area contributed by atoms with Gasteiger partial charge in [0.25, 0.3) is 10.0 Å². The molecule has 0 spiro atoms. The number of alkyl halides is 3. The van der Waals surface area contributed by atoms with Crippen LogP contribution < -0.4 is 0 Å². The third-order valence-electron chi connectivity index (χ3n) is 2.54. The second-order valence-corrected chi connectivity index (χ2v) is 7.33. The molecule has 0 N–H and O–H groups in total. The summed E-state index contributed by atoms with van der Waals surface area (Å²) >= 11 is 0.681. The molecule has 0 saturated heterocycles. The van der Waals surface area contributed by atoms with Crippen molar-refractivity contribution < 1.29 is 21.6 Å². The van der Waals surface area contributed by atoms with Crippen molar-refractivity contribution in [1.29, 1.82) is 5.26 Å². The van der Waals surface area contributed by atoms with Gasteiger partial charge in [0.1, 0.15) is 21.7 Å². The number of rotatable bonds is 4.